The highest BCUT2D eigenvalue weighted by molar-refractivity contribution is 6.35. The van der Waals surface area contributed by atoms with E-state index in [-0.39, 0.29) is 17.6 Å². The van der Waals surface area contributed by atoms with Gasteiger partial charge in [0.05, 0.1) is 29.6 Å². The van der Waals surface area contributed by atoms with Gasteiger partial charge >= 0.3 is 0 Å². The van der Waals surface area contributed by atoms with Gasteiger partial charge in [-0.25, -0.2) is 14.1 Å². The molecule has 1 saturated heterocycles. The molecule has 3 aromatic rings. The molecule has 1 N–H and O–H groups in total. The van der Waals surface area contributed by atoms with Crippen LogP contribution in [0.15, 0.2) is 42.5 Å². The highest BCUT2D eigenvalue weighted by Crippen LogP contribution is 2.38. The predicted molar refractivity (Wildman–Crippen MR) is 134 cm³/mol. The summed E-state index contributed by atoms with van der Waals surface area (Å²) in [6.07, 6.45) is 4.25. The summed E-state index contributed by atoms with van der Waals surface area (Å²) in [6.45, 7) is 2.39. The molecule has 0 spiro atoms. The Morgan fingerprint density at radius 3 is 2.74 bits per heavy atom. The summed E-state index contributed by atoms with van der Waals surface area (Å²) in [6, 6.07) is 12.0. The van der Waals surface area contributed by atoms with E-state index in [2.05, 4.69) is 5.43 Å². The molecule has 35 heavy (non-hydrogen) atoms. The van der Waals surface area contributed by atoms with E-state index in [0.29, 0.717) is 54.2 Å². The minimum absolute atomic E-state index is 0.0541. The van der Waals surface area contributed by atoms with Crippen molar-refractivity contribution in [3.63, 3.8) is 0 Å². The molecule has 1 atom stereocenters. The first-order valence-electron chi connectivity index (χ1n) is 11.9. The fraction of sp³-hybridized carbons (Fsp3) is 0.385. The lowest BCUT2D eigenvalue weighted by Gasteiger charge is -2.26. The van der Waals surface area contributed by atoms with E-state index in [4.69, 9.17) is 33.0 Å². The van der Waals surface area contributed by atoms with Crippen LogP contribution in [0.3, 0.4) is 0 Å². The highest BCUT2D eigenvalue weighted by Gasteiger charge is 2.31. The van der Waals surface area contributed by atoms with Gasteiger partial charge in [0.1, 0.15) is 5.82 Å². The quantitative estimate of drug-likeness (QED) is 0.464. The number of benzene rings is 2. The molecule has 1 fully saturated rings. The number of carbonyl (C=O) groups is 1. The van der Waals surface area contributed by atoms with Crippen molar-refractivity contribution in [3.05, 3.63) is 80.8 Å². The number of nitrogens with one attached hydrogen (secondary N) is 1. The molecule has 6 nitrogen and oxygen atoms in total. The van der Waals surface area contributed by atoms with Gasteiger partial charge < -0.3 is 4.74 Å². The number of hydrazine groups is 1. The van der Waals surface area contributed by atoms with Crippen LogP contribution in [0.4, 0.5) is 4.39 Å². The van der Waals surface area contributed by atoms with Crippen LogP contribution < -0.4 is 5.43 Å². The Labute approximate surface area is 213 Å². The van der Waals surface area contributed by atoms with Crippen LogP contribution in [0.25, 0.3) is 5.69 Å². The van der Waals surface area contributed by atoms with Crippen LogP contribution in [0.2, 0.25) is 10.0 Å². The molecule has 0 radical (unpaired) electrons. The number of nitrogens with zero attached hydrogens (tertiary/aromatic N) is 3. The van der Waals surface area contributed by atoms with Gasteiger partial charge in [-0.3, -0.25) is 10.2 Å². The van der Waals surface area contributed by atoms with Gasteiger partial charge in [-0.1, -0.05) is 41.8 Å². The number of aromatic nitrogens is 2. The number of ether oxygens (including phenoxy) is 1. The summed E-state index contributed by atoms with van der Waals surface area (Å²) in [4.78, 5) is 13.4. The van der Waals surface area contributed by atoms with Crippen molar-refractivity contribution >= 4 is 29.1 Å². The first-order chi connectivity index (χ1) is 17.0. The van der Waals surface area contributed by atoms with E-state index >= 15 is 0 Å². The SMILES string of the molecule is O=C(NN1CCOCC1)c1nn(-c2ccc(Cl)cc2Cl)c2c1CCCCC2Cc1cccc(F)c1. The summed E-state index contributed by atoms with van der Waals surface area (Å²) in [7, 11) is 0. The van der Waals surface area contributed by atoms with Gasteiger partial charge in [0.15, 0.2) is 5.69 Å². The Morgan fingerprint density at radius 2 is 1.97 bits per heavy atom. The number of halogens is 3. The summed E-state index contributed by atoms with van der Waals surface area (Å²) in [5.41, 5.74) is 6.88. The average molecular weight is 517 g/mol. The Balaban J connectivity index is 1.59. The van der Waals surface area contributed by atoms with Crippen LogP contribution in [0.5, 0.6) is 0 Å². The van der Waals surface area contributed by atoms with E-state index in [1.54, 1.807) is 28.9 Å². The van der Waals surface area contributed by atoms with Crippen molar-refractivity contribution in [2.45, 2.75) is 38.0 Å². The number of hydrogen-bond donors (Lipinski definition) is 1. The van der Waals surface area contributed by atoms with Crippen LogP contribution in [-0.2, 0) is 17.6 Å². The first kappa shape index (κ1) is 24.3. The second kappa shape index (κ2) is 10.7. The lowest BCUT2D eigenvalue weighted by atomic mass is 9.91. The van der Waals surface area contributed by atoms with E-state index < -0.39 is 0 Å². The summed E-state index contributed by atoms with van der Waals surface area (Å²) < 4.78 is 21.1. The third-order valence-corrected chi connectivity index (χ3v) is 7.17. The lowest BCUT2D eigenvalue weighted by Crippen LogP contribution is -2.48. The normalized spacial score (nSPS) is 18.7. The maximum atomic E-state index is 14.0. The molecule has 2 heterocycles. The maximum Gasteiger partial charge on any atom is 0.286 e. The summed E-state index contributed by atoms with van der Waals surface area (Å²) in [5.74, 6) is -0.437. The van der Waals surface area contributed by atoms with E-state index in [1.165, 1.54) is 6.07 Å². The lowest BCUT2D eigenvalue weighted by molar-refractivity contribution is 0.0124. The molecule has 1 aromatic heterocycles. The van der Waals surface area contributed by atoms with Gasteiger partial charge in [0.25, 0.3) is 5.91 Å². The second-order valence-electron chi connectivity index (χ2n) is 9.04. The van der Waals surface area contributed by atoms with Gasteiger partial charge in [0.2, 0.25) is 0 Å². The molecular weight excluding hydrogens is 490 g/mol. The molecule has 1 aliphatic carbocycles. The van der Waals surface area contributed by atoms with Crippen LogP contribution in [0.1, 0.15) is 52.5 Å². The fourth-order valence-corrected chi connectivity index (χ4v) is 5.48. The molecule has 2 aromatic carbocycles. The molecule has 5 rings (SSSR count). The minimum atomic E-state index is -0.254. The van der Waals surface area contributed by atoms with Crippen molar-refractivity contribution in [1.29, 1.82) is 0 Å². The number of hydrogen-bond acceptors (Lipinski definition) is 4. The molecule has 2 aliphatic rings. The smallest absolute Gasteiger partial charge is 0.286 e. The summed E-state index contributed by atoms with van der Waals surface area (Å²) in [5, 5.41) is 7.66. The van der Waals surface area contributed by atoms with Crippen molar-refractivity contribution < 1.29 is 13.9 Å². The first-order valence-corrected chi connectivity index (χ1v) is 12.7. The Bertz CT molecular complexity index is 1230. The van der Waals surface area contributed by atoms with E-state index in [9.17, 15) is 9.18 Å². The average Bonchev–Trinajstić information content (AvgIpc) is 3.09. The molecular formula is C26H27Cl2FN4O2. The van der Waals surface area contributed by atoms with Crippen molar-refractivity contribution in [2.24, 2.45) is 0 Å². The maximum absolute atomic E-state index is 14.0. The van der Waals surface area contributed by atoms with Crippen molar-refractivity contribution in [3.8, 4) is 5.69 Å². The molecule has 1 amide bonds. The van der Waals surface area contributed by atoms with Gasteiger partial charge in [-0.15, -0.1) is 0 Å². The van der Waals surface area contributed by atoms with E-state index in [0.717, 1.165) is 42.5 Å². The second-order valence-corrected chi connectivity index (χ2v) is 9.88. The zero-order valence-corrected chi connectivity index (χ0v) is 20.8. The van der Waals surface area contributed by atoms with Crippen molar-refractivity contribution in [2.75, 3.05) is 26.3 Å². The molecule has 0 bridgehead atoms. The van der Waals surface area contributed by atoms with Crippen LogP contribution >= 0.6 is 23.2 Å². The Hall–Kier alpha value is -2.45. The number of fused-ring (bicyclic) bond motifs is 1. The third kappa shape index (κ3) is 5.38. The number of rotatable bonds is 5. The molecule has 1 unspecified atom stereocenters. The van der Waals surface area contributed by atoms with Gasteiger partial charge in [-0.05, 0) is 61.6 Å². The standard InChI is InChI=1S/C26H27Cl2FN4O2/c27-19-8-9-23(22(28)16-19)33-25-18(14-17-4-3-6-20(29)15-17)5-1-2-7-21(25)24(30-33)26(34)31-32-10-12-35-13-11-32/h3-4,6,8-9,15-16,18H,1-2,5,7,10-14H2,(H,31,34). The zero-order valence-electron chi connectivity index (χ0n) is 19.3. The molecule has 184 valence electrons. The molecule has 9 heteroatoms. The highest BCUT2D eigenvalue weighted by atomic mass is 35.5. The van der Waals surface area contributed by atoms with Crippen LogP contribution in [0, 0.1) is 5.82 Å². The third-order valence-electron chi connectivity index (χ3n) is 6.63. The predicted octanol–water partition coefficient (Wildman–Crippen LogP) is 5.35. The largest absolute Gasteiger partial charge is 0.379 e. The Morgan fingerprint density at radius 1 is 1.14 bits per heavy atom. The van der Waals surface area contributed by atoms with Crippen LogP contribution in [-0.4, -0.2) is 47.0 Å². The molecule has 0 saturated carbocycles. The Kier molecular flexibility index (Phi) is 7.39. The zero-order chi connectivity index (χ0) is 24.4. The van der Waals surface area contributed by atoms with E-state index in [1.807, 2.05) is 17.1 Å². The monoisotopic (exact) mass is 516 g/mol. The van der Waals surface area contributed by atoms with Gasteiger partial charge in [0, 0.05) is 29.6 Å². The number of morpholine rings is 1. The molecule has 1 aliphatic heterocycles. The fourth-order valence-electron chi connectivity index (χ4n) is 5.00. The van der Waals surface area contributed by atoms with Crippen molar-refractivity contribution in [1.82, 2.24) is 20.2 Å². The topological polar surface area (TPSA) is 59.4 Å². The van der Waals surface area contributed by atoms with Gasteiger partial charge in [-0.2, -0.15) is 5.10 Å². The summed E-state index contributed by atoms with van der Waals surface area (Å²) >= 11 is 12.8. The number of amides is 1. The number of carbonyl (C=O) groups excluding carboxylic acids is 1. The minimum Gasteiger partial charge on any atom is -0.379 e.